The Kier molecular flexibility index (Phi) is 17.8. The minimum absolute atomic E-state index is 0.0305. The summed E-state index contributed by atoms with van der Waals surface area (Å²) in [4.78, 5) is 41.3. The molecule has 0 bridgehead atoms. The summed E-state index contributed by atoms with van der Waals surface area (Å²) in [7, 11) is 0. The van der Waals surface area contributed by atoms with Gasteiger partial charge >= 0.3 is 0 Å². The number of amides is 2. The molecule has 3 aromatic rings. The van der Waals surface area contributed by atoms with E-state index in [0.29, 0.717) is 23.0 Å². The average molecular weight is 907 g/mol. The molecule has 0 aliphatic carbocycles. The summed E-state index contributed by atoms with van der Waals surface area (Å²) in [6.45, 7) is 13.6. The van der Waals surface area contributed by atoms with E-state index < -0.39 is 0 Å². The van der Waals surface area contributed by atoms with E-state index in [2.05, 4.69) is 78.2 Å². The number of unbranched alkanes of at least 4 members (excludes halogenated alkanes) is 16. The standard InChI is InChI=1S/C56H78N2O2S3/c1-7-11-15-19-21-25-29-41(27-23-17-13-9-3)34-43-37-57-51(53-45(43)33-40(6)62-53)49-50(56(57)60)52-54-46(36-48(63-54)47-32-31-39(5)61-47)44(38-58(52)55(49)59)35-42(28-24-18-14-10-4)30-26-22-20-16-12-8-2/h31-33,36-38,41-42H,7-30,34-35H2,1-6H3. The van der Waals surface area contributed by atoms with Gasteiger partial charge in [0.25, 0.3) is 11.8 Å². The van der Waals surface area contributed by atoms with Crippen molar-refractivity contribution in [2.24, 2.45) is 11.8 Å². The fraction of sp³-hybridized carbons (Fsp3) is 0.607. The lowest BCUT2D eigenvalue weighted by Gasteiger charge is -2.29. The molecule has 4 nitrogen and oxygen atoms in total. The minimum Gasteiger partial charge on any atom is -0.281 e. The first-order valence-electron chi connectivity index (χ1n) is 25.7. The van der Waals surface area contributed by atoms with Crippen molar-refractivity contribution in [3.63, 3.8) is 0 Å². The van der Waals surface area contributed by atoms with Gasteiger partial charge in [0, 0.05) is 31.9 Å². The van der Waals surface area contributed by atoms with E-state index in [9.17, 15) is 0 Å². The Hall–Kier alpha value is -3.00. The zero-order chi connectivity index (χ0) is 44.3. The largest absolute Gasteiger partial charge is 0.281 e. The molecule has 2 unspecified atom stereocenters. The van der Waals surface area contributed by atoms with E-state index in [1.165, 1.54) is 196 Å². The van der Waals surface area contributed by atoms with Crippen molar-refractivity contribution in [1.29, 1.82) is 0 Å². The maximum Gasteiger partial charge on any atom is 0.265 e. The second-order valence-corrected chi connectivity index (χ2v) is 23.0. The zero-order valence-electron chi connectivity index (χ0n) is 39.9. The van der Waals surface area contributed by atoms with Gasteiger partial charge in [-0.1, -0.05) is 182 Å². The van der Waals surface area contributed by atoms with Crippen LogP contribution in [-0.2, 0) is 9.59 Å². The average Bonchev–Trinajstić information content (AvgIpc) is 4.11. The Labute approximate surface area is 394 Å². The summed E-state index contributed by atoms with van der Waals surface area (Å²) in [5.41, 5.74) is 7.92. The Morgan fingerprint density at radius 3 is 1.32 bits per heavy atom. The molecule has 0 spiro atoms. The van der Waals surface area contributed by atoms with Crippen LogP contribution in [0, 0.1) is 25.7 Å². The first-order valence-corrected chi connectivity index (χ1v) is 28.1. The van der Waals surface area contributed by atoms with Crippen LogP contribution in [0.1, 0.15) is 225 Å². The number of carbonyl (C=O) groups is 2. The van der Waals surface area contributed by atoms with Gasteiger partial charge in [-0.05, 0) is 85.1 Å². The molecule has 0 saturated heterocycles. The van der Waals surface area contributed by atoms with E-state index >= 15 is 9.59 Å². The molecule has 7 heterocycles. The van der Waals surface area contributed by atoms with Gasteiger partial charge in [0.15, 0.2) is 0 Å². The van der Waals surface area contributed by atoms with E-state index in [-0.39, 0.29) is 11.8 Å². The van der Waals surface area contributed by atoms with Crippen LogP contribution in [0.3, 0.4) is 0 Å². The lowest BCUT2D eigenvalue weighted by atomic mass is 9.85. The van der Waals surface area contributed by atoms with Gasteiger partial charge in [-0.2, -0.15) is 0 Å². The topological polar surface area (TPSA) is 40.6 Å². The number of hydrogen-bond acceptors (Lipinski definition) is 5. The van der Waals surface area contributed by atoms with Crippen LogP contribution in [0.5, 0.6) is 0 Å². The number of carbonyl (C=O) groups excluding carboxylic acids is 2. The van der Waals surface area contributed by atoms with Crippen LogP contribution >= 0.6 is 34.0 Å². The van der Waals surface area contributed by atoms with Crippen molar-refractivity contribution < 1.29 is 9.59 Å². The van der Waals surface area contributed by atoms with Gasteiger partial charge in [-0.3, -0.25) is 19.4 Å². The number of allylic oxidation sites excluding steroid dienone is 2. The van der Waals surface area contributed by atoms with Crippen LogP contribution in [-0.4, -0.2) is 21.6 Å². The van der Waals surface area contributed by atoms with Crippen molar-refractivity contribution in [2.45, 2.75) is 208 Å². The third-order valence-electron chi connectivity index (χ3n) is 14.2. The molecular formula is C56H78N2O2S3. The number of hydrogen-bond donors (Lipinski definition) is 0. The molecule has 0 fully saturated rings. The number of aryl methyl sites for hydroxylation is 2. The van der Waals surface area contributed by atoms with Crippen molar-refractivity contribution in [2.75, 3.05) is 0 Å². The van der Waals surface area contributed by atoms with Crippen LogP contribution in [0.15, 0.2) is 47.8 Å². The van der Waals surface area contributed by atoms with Crippen LogP contribution in [0.25, 0.3) is 32.3 Å². The summed E-state index contributed by atoms with van der Waals surface area (Å²) in [6.07, 6.45) is 37.3. The van der Waals surface area contributed by atoms with E-state index in [1.807, 2.05) is 21.1 Å². The molecule has 4 aliphatic heterocycles. The summed E-state index contributed by atoms with van der Waals surface area (Å²) in [5, 5.41) is 0. The SMILES string of the molecule is CCCCCCCCC(CCCCCC)CC1=CN2C(=O)C3=C4c5sc(-c6ccc(C)s6)cc5C(CC(CCCCCC)CCCCCCCC)=CN4C(=O)C3=C2c2sc(C)cc21. The molecule has 4 aliphatic rings. The van der Waals surface area contributed by atoms with Gasteiger partial charge in [0.1, 0.15) is 0 Å². The maximum absolute atomic E-state index is 15.1. The third-order valence-corrected chi connectivity index (χ3v) is 17.6. The number of fused-ring (bicyclic) bond motifs is 7. The summed E-state index contributed by atoms with van der Waals surface area (Å²) < 4.78 is 0. The van der Waals surface area contributed by atoms with Gasteiger partial charge in [-0.25, -0.2) is 0 Å². The highest BCUT2D eigenvalue weighted by Crippen LogP contribution is 2.57. The number of thiophene rings is 3. The summed E-state index contributed by atoms with van der Waals surface area (Å²) in [5.74, 6) is 1.12. The maximum atomic E-state index is 15.1. The van der Waals surface area contributed by atoms with Crippen molar-refractivity contribution in [3.05, 3.63) is 78.4 Å². The van der Waals surface area contributed by atoms with Gasteiger partial charge in [0.2, 0.25) is 0 Å². The lowest BCUT2D eigenvalue weighted by Crippen LogP contribution is -2.27. The molecular weight excluding hydrogens is 829 g/mol. The first-order chi connectivity index (χ1) is 30.8. The van der Waals surface area contributed by atoms with Gasteiger partial charge in [-0.15, -0.1) is 34.0 Å². The first kappa shape index (κ1) is 47.9. The van der Waals surface area contributed by atoms with Crippen molar-refractivity contribution in [3.8, 4) is 9.75 Å². The fourth-order valence-corrected chi connectivity index (χ4v) is 14.0. The Balaban J connectivity index is 1.22. The summed E-state index contributed by atoms with van der Waals surface area (Å²) >= 11 is 5.38. The predicted octanol–water partition coefficient (Wildman–Crippen LogP) is 18.1. The quantitative estimate of drug-likeness (QED) is 0.0651. The predicted molar refractivity (Wildman–Crippen MR) is 275 cm³/mol. The second kappa shape index (κ2) is 23.4. The third kappa shape index (κ3) is 11.3. The van der Waals surface area contributed by atoms with E-state index in [0.717, 1.165) is 34.0 Å². The Morgan fingerprint density at radius 2 is 0.873 bits per heavy atom. The summed E-state index contributed by atoms with van der Waals surface area (Å²) in [6, 6.07) is 9.19. The molecule has 0 aromatic carbocycles. The normalized spacial score (nSPS) is 16.4. The highest BCUT2D eigenvalue weighted by Gasteiger charge is 2.52. The van der Waals surface area contributed by atoms with Crippen molar-refractivity contribution >= 4 is 68.4 Å². The highest BCUT2D eigenvalue weighted by atomic mass is 32.1. The van der Waals surface area contributed by atoms with Gasteiger partial charge < -0.3 is 0 Å². The molecule has 63 heavy (non-hydrogen) atoms. The molecule has 0 radical (unpaired) electrons. The Bertz CT molecular complexity index is 2150. The fourth-order valence-electron chi connectivity index (χ4n) is 10.7. The van der Waals surface area contributed by atoms with Gasteiger partial charge in [0.05, 0.1) is 32.3 Å². The van der Waals surface area contributed by atoms with E-state index in [1.54, 1.807) is 22.7 Å². The second-order valence-electron chi connectivity index (χ2n) is 19.4. The lowest BCUT2D eigenvalue weighted by molar-refractivity contribution is -0.122. The molecule has 7 rings (SSSR count). The van der Waals surface area contributed by atoms with Crippen LogP contribution in [0.4, 0.5) is 0 Å². The molecule has 2 atom stereocenters. The molecule has 342 valence electrons. The minimum atomic E-state index is -0.0305. The zero-order valence-corrected chi connectivity index (χ0v) is 42.4. The monoisotopic (exact) mass is 907 g/mol. The highest BCUT2D eigenvalue weighted by molar-refractivity contribution is 7.22. The van der Waals surface area contributed by atoms with Crippen molar-refractivity contribution in [1.82, 2.24) is 9.80 Å². The smallest absolute Gasteiger partial charge is 0.265 e. The van der Waals surface area contributed by atoms with Crippen LogP contribution in [0.2, 0.25) is 0 Å². The molecule has 0 N–H and O–H groups in total. The Morgan fingerprint density at radius 1 is 0.460 bits per heavy atom. The van der Waals surface area contributed by atoms with Crippen LogP contribution < -0.4 is 0 Å². The number of rotatable bonds is 29. The molecule has 7 heteroatoms. The van der Waals surface area contributed by atoms with E-state index in [4.69, 9.17) is 0 Å². The molecule has 2 amide bonds. The number of nitrogens with zero attached hydrogens (tertiary/aromatic N) is 2. The molecule has 0 saturated carbocycles. The molecule has 3 aromatic heterocycles.